The van der Waals surface area contributed by atoms with E-state index < -0.39 is 0 Å². The minimum Gasteiger partial charge on any atom is -0.492 e. The van der Waals surface area contributed by atoms with Gasteiger partial charge in [0.15, 0.2) is 0 Å². The third-order valence-electron chi connectivity index (χ3n) is 4.89. The van der Waals surface area contributed by atoms with Gasteiger partial charge in [-0.2, -0.15) is 0 Å². The highest BCUT2D eigenvalue weighted by atomic mass is 32.1. The lowest BCUT2D eigenvalue weighted by Gasteiger charge is -2.31. The van der Waals surface area contributed by atoms with E-state index in [4.69, 9.17) is 22.7 Å². The second-order valence-corrected chi connectivity index (χ2v) is 6.62. The summed E-state index contributed by atoms with van der Waals surface area (Å²) in [5.74, 6) is 1.80. The van der Waals surface area contributed by atoms with Crippen molar-refractivity contribution in [3.05, 3.63) is 29.8 Å². The molecule has 1 aromatic rings. The van der Waals surface area contributed by atoms with Gasteiger partial charge in [-0.25, -0.2) is 0 Å². The summed E-state index contributed by atoms with van der Waals surface area (Å²) in [7, 11) is 0. The standard InChI is InChI=1S/C17H24N2OS/c18-17(21)14-5-3-6-15(12-14)20-11-10-19-9-8-13-4-1-2-7-16(13)19/h3,5-6,12-13,16H,1-2,4,7-11H2,(H2,18,21). The molecule has 2 aliphatic rings. The normalized spacial score (nSPS) is 25.5. The van der Waals surface area contributed by atoms with Gasteiger partial charge in [-0.1, -0.05) is 37.2 Å². The molecular weight excluding hydrogens is 280 g/mol. The van der Waals surface area contributed by atoms with Crippen molar-refractivity contribution < 1.29 is 4.74 Å². The van der Waals surface area contributed by atoms with E-state index in [1.165, 1.54) is 38.6 Å². The van der Waals surface area contributed by atoms with Crippen LogP contribution in [0, 0.1) is 5.92 Å². The SMILES string of the molecule is NC(=S)c1cccc(OCCN2CCC3CCCCC32)c1. The van der Waals surface area contributed by atoms with Crippen LogP contribution in [0.1, 0.15) is 37.7 Å². The summed E-state index contributed by atoms with van der Waals surface area (Å²) in [6, 6.07) is 8.56. The van der Waals surface area contributed by atoms with E-state index in [1.54, 1.807) is 0 Å². The van der Waals surface area contributed by atoms with Gasteiger partial charge in [-0.3, -0.25) is 4.90 Å². The highest BCUT2D eigenvalue weighted by Gasteiger charge is 2.35. The third-order valence-corrected chi connectivity index (χ3v) is 5.13. The maximum Gasteiger partial charge on any atom is 0.120 e. The Morgan fingerprint density at radius 1 is 1.29 bits per heavy atom. The van der Waals surface area contributed by atoms with Crippen molar-refractivity contribution in [3.8, 4) is 5.75 Å². The molecule has 114 valence electrons. The van der Waals surface area contributed by atoms with Crippen LogP contribution in [0.15, 0.2) is 24.3 Å². The molecular formula is C17H24N2OS. The molecule has 2 unspecified atom stereocenters. The number of ether oxygens (including phenoxy) is 1. The number of rotatable bonds is 5. The molecule has 1 aromatic carbocycles. The lowest BCUT2D eigenvalue weighted by Crippen LogP contribution is -2.37. The van der Waals surface area contributed by atoms with Crippen molar-refractivity contribution in [3.63, 3.8) is 0 Å². The summed E-state index contributed by atoms with van der Waals surface area (Å²) in [6.45, 7) is 3.01. The van der Waals surface area contributed by atoms with Gasteiger partial charge in [0, 0.05) is 18.2 Å². The van der Waals surface area contributed by atoms with Gasteiger partial charge in [0.25, 0.3) is 0 Å². The van der Waals surface area contributed by atoms with Gasteiger partial charge < -0.3 is 10.5 Å². The number of benzene rings is 1. The highest BCUT2D eigenvalue weighted by molar-refractivity contribution is 7.80. The number of thiocarbonyl (C=S) groups is 1. The average Bonchev–Trinajstić information content (AvgIpc) is 2.91. The summed E-state index contributed by atoms with van der Waals surface area (Å²) in [5.41, 5.74) is 6.52. The van der Waals surface area contributed by atoms with Crippen LogP contribution in [-0.4, -0.2) is 35.6 Å². The summed E-state index contributed by atoms with van der Waals surface area (Å²) < 4.78 is 5.88. The number of fused-ring (bicyclic) bond motifs is 1. The fraction of sp³-hybridized carbons (Fsp3) is 0.588. The van der Waals surface area contributed by atoms with Crippen LogP contribution in [-0.2, 0) is 0 Å². The molecule has 0 radical (unpaired) electrons. The first-order valence-corrected chi connectivity index (χ1v) is 8.41. The molecule has 0 bridgehead atoms. The Morgan fingerprint density at radius 2 is 2.14 bits per heavy atom. The first kappa shape index (κ1) is 14.8. The van der Waals surface area contributed by atoms with Gasteiger partial charge in [-0.05, 0) is 43.9 Å². The molecule has 0 aromatic heterocycles. The molecule has 3 nitrogen and oxygen atoms in total. The van der Waals surface area contributed by atoms with Crippen molar-refractivity contribution in [2.75, 3.05) is 19.7 Å². The number of nitrogens with zero attached hydrogens (tertiary/aromatic N) is 1. The maximum absolute atomic E-state index is 5.88. The Morgan fingerprint density at radius 3 is 3.00 bits per heavy atom. The fourth-order valence-electron chi connectivity index (χ4n) is 3.80. The summed E-state index contributed by atoms with van der Waals surface area (Å²) in [6.07, 6.45) is 7.01. The van der Waals surface area contributed by atoms with E-state index >= 15 is 0 Å². The summed E-state index contributed by atoms with van der Waals surface area (Å²) in [4.78, 5) is 3.05. The molecule has 0 amide bonds. The van der Waals surface area contributed by atoms with Crippen LogP contribution in [0.25, 0.3) is 0 Å². The number of nitrogens with two attached hydrogens (primary N) is 1. The van der Waals surface area contributed by atoms with Crippen LogP contribution < -0.4 is 10.5 Å². The molecule has 2 N–H and O–H groups in total. The second-order valence-electron chi connectivity index (χ2n) is 6.18. The van der Waals surface area contributed by atoms with Crippen molar-refractivity contribution in [1.82, 2.24) is 4.90 Å². The van der Waals surface area contributed by atoms with Gasteiger partial charge in [0.2, 0.25) is 0 Å². The zero-order valence-corrected chi connectivity index (χ0v) is 13.3. The van der Waals surface area contributed by atoms with Gasteiger partial charge in [-0.15, -0.1) is 0 Å². The van der Waals surface area contributed by atoms with Crippen molar-refractivity contribution in [1.29, 1.82) is 0 Å². The van der Waals surface area contributed by atoms with Crippen molar-refractivity contribution in [2.45, 2.75) is 38.1 Å². The van der Waals surface area contributed by atoms with Gasteiger partial charge >= 0.3 is 0 Å². The van der Waals surface area contributed by atoms with E-state index in [0.717, 1.165) is 36.4 Å². The lowest BCUT2D eigenvalue weighted by molar-refractivity contribution is 0.154. The number of hydrogen-bond donors (Lipinski definition) is 1. The van der Waals surface area contributed by atoms with E-state index in [0.29, 0.717) is 4.99 Å². The first-order chi connectivity index (χ1) is 10.2. The van der Waals surface area contributed by atoms with Gasteiger partial charge in [0.1, 0.15) is 17.3 Å². The molecule has 2 fully saturated rings. The van der Waals surface area contributed by atoms with E-state index in [2.05, 4.69) is 4.90 Å². The largest absolute Gasteiger partial charge is 0.492 e. The van der Waals surface area contributed by atoms with E-state index in [9.17, 15) is 0 Å². The number of hydrogen-bond acceptors (Lipinski definition) is 3. The minimum absolute atomic E-state index is 0.421. The smallest absolute Gasteiger partial charge is 0.120 e. The van der Waals surface area contributed by atoms with E-state index in [1.807, 2.05) is 24.3 Å². The molecule has 1 saturated heterocycles. The molecule has 1 aliphatic carbocycles. The highest BCUT2D eigenvalue weighted by Crippen LogP contribution is 2.35. The zero-order chi connectivity index (χ0) is 14.7. The monoisotopic (exact) mass is 304 g/mol. The Balaban J connectivity index is 1.50. The van der Waals surface area contributed by atoms with Crippen LogP contribution in [0.4, 0.5) is 0 Å². The Labute approximate surface area is 132 Å². The van der Waals surface area contributed by atoms with Gasteiger partial charge in [0.05, 0.1) is 0 Å². The summed E-state index contributed by atoms with van der Waals surface area (Å²) >= 11 is 5.00. The van der Waals surface area contributed by atoms with E-state index in [-0.39, 0.29) is 0 Å². The maximum atomic E-state index is 5.88. The van der Waals surface area contributed by atoms with Crippen LogP contribution in [0.5, 0.6) is 5.75 Å². The molecule has 0 spiro atoms. The quantitative estimate of drug-likeness (QED) is 0.849. The molecule has 1 aliphatic heterocycles. The predicted octanol–water partition coefficient (Wildman–Crippen LogP) is 2.96. The van der Waals surface area contributed by atoms with Crippen LogP contribution in [0.3, 0.4) is 0 Å². The molecule has 2 atom stereocenters. The third kappa shape index (κ3) is 3.55. The molecule has 3 rings (SSSR count). The fourth-order valence-corrected chi connectivity index (χ4v) is 3.93. The Kier molecular flexibility index (Phi) is 4.76. The second kappa shape index (κ2) is 6.75. The predicted molar refractivity (Wildman–Crippen MR) is 89.8 cm³/mol. The Bertz CT molecular complexity index is 505. The lowest BCUT2D eigenvalue weighted by atomic mass is 9.85. The van der Waals surface area contributed by atoms with Crippen molar-refractivity contribution in [2.24, 2.45) is 11.7 Å². The van der Waals surface area contributed by atoms with Crippen LogP contribution in [0.2, 0.25) is 0 Å². The van der Waals surface area contributed by atoms with Crippen LogP contribution >= 0.6 is 12.2 Å². The Hall–Kier alpha value is -1.13. The zero-order valence-electron chi connectivity index (χ0n) is 12.5. The number of likely N-dealkylation sites (tertiary alicyclic amines) is 1. The molecule has 1 saturated carbocycles. The summed E-state index contributed by atoms with van der Waals surface area (Å²) in [5, 5.41) is 0. The molecule has 21 heavy (non-hydrogen) atoms. The minimum atomic E-state index is 0.421. The first-order valence-electron chi connectivity index (χ1n) is 8.01. The van der Waals surface area contributed by atoms with Crippen molar-refractivity contribution >= 4 is 17.2 Å². The average molecular weight is 304 g/mol. The topological polar surface area (TPSA) is 38.5 Å². The molecule has 1 heterocycles. The molecule has 4 heteroatoms.